The van der Waals surface area contributed by atoms with E-state index < -0.39 is 0 Å². The van der Waals surface area contributed by atoms with Crippen molar-refractivity contribution in [2.24, 2.45) is 0 Å². The minimum absolute atomic E-state index is 0.214. The lowest BCUT2D eigenvalue weighted by molar-refractivity contribution is 0.628. The molecule has 0 unspecified atom stereocenters. The molecule has 0 bridgehead atoms. The summed E-state index contributed by atoms with van der Waals surface area (Å²) in [5, 5.41) is 3.89. The second-order valence-corrected chi connectivity index (χ2v) is 5.76. The van der Waals surface area contributed by atoms with Crippen molar-refractivity contribution in [1.82, 2.24) is 19.9 Å². The Morgan fingerprint density at radius 3 is 2.58 bits per heavy atom. The topological polar surface area (TPSA) is 83.6 Å². The number of benzene rings is 2. The summed E-state index contributed by atoms with van der Waals surface area (Å²) >= 11 is 0. The van der Waals surface area contributed by atoms with Crippen molar-refractivity contribution in [1.29, 1.82) is 0 Å². The summed E-state index contributed by atoms with van der Waals surface area (Å²) in [6.07, 6.45) is 0. The van der Waals surface area contributed by atoms with Crippen LogP contribution in [0.2, 0.25) is 0 Å². The van der Waals surface area contributed by atoms with Gasteiger partial charge in [-0.2, -0.15) is 0 Å². The fourth-order valence-corrected chi connectivity index (χ4v) is 2.68. The highest BCUT2D eigenvalue weighted by Crippen LogP contribution is 2.20. The summed E-state index contributed by atoms with van der Waals surface area (Å²) in [4.78, 5) is 27.8. The maximum absolute atomic E-state index is 13.1. The number of para-hydroxylation sites is 1. The summed E-state index contributed by atoms with van der Waals surface area (Å²) in [5.41, 5.74) is 2.33. The van der Waals surface area contributed by atoms with Crippen molar-refractivity contribution in [2.45, 2.75) is 6.92 Å². The van der Waals surface area contributed by atoms with Crippen molar-refractivity contribution in [3.8, 4) is 11.3 Å². The smallest absolute Gasteiger partial charge is 0.252 e. The molecule has 0 saturated carbocycles. The zero-order valence-electron chi connectivity index (χ0n) is 13.8. The molecule has 0 fully saturated rings. The first-order valence-corrected chi connectivity index (χ1v) is 7.96. The molecule has 0 amide bonds. The van der Waals surface area contributed by atoms with Gasteiger partial charge in [-0.3, -0.25) is 15.1 Å². The summed E-state index contributed by atoms with van der Waals surface area (Å²) in [7, 11) is 0. The Morgan fingerprint density at radius 1 is 1.00 bits per heavy atom. The molecule has 0 aliphatic rings. The molecule has 128 valence electrons. The van der Waals surface area contributed by atoms with Crippen LogP contribution in [0.3, 0.4) is 0 Å². The Labute approximate surface area is 147 Å². The Hall–Kier alpha value is -3.61. The minimum Gasteiger partial charge on any atom is -0.294 e. The third-order valence-corrected chi connectivity index (χ3v) is 3.91. The molecule has 4 aromatic rings. The number of aromatic nitrogens is 4. The molecule has 0 atom stereocenters. The molecule has 7 heteroatoms. The number of H-pyrrole nitrogens is 1. The van der Waals surface area contributed by atoms with Gasteiger partial charge in [0.25, 0.3) is 5.56 Å². The molecule has 0 aliphatic carbocycles. The van der Waals surface area contributed by atoms with Crippen molar-refractivity contribution >= 4 is 22.8 Å². The molecule has 2 heterocycles. The number of fused-ring (bicyclic) bond motifs is 1. The first-order chi connectivity index (χ1) is 12.6. The Kier molecular flexibility index (Phi) is 3.89. The monoisotopic (exact) mass is 347 g/mol. The predicted octanol–water partition coefficient (Wildman–Crippen LogP) is 3.57. The Bertz CT molecular complexity index is 1150. The first-order valence-electron chi connectivity index (χ1n) is 7.96. The van der Waals surface area contributed by atoms with Gasteiger partial charge in [0.05, 0.1) is 16.9 Å². The molecule has 6 nitrogen and oxygen atoms in total. The van der Waals surface area contributed by atoms with E-state index in [1.165, 1.54) is 18.2 Å². The number of nitrogens with one attached hydrogen (secondary N) is 2. The van der Waals surface area contributed by atoms with E-state index in [4.69, 9.17) is 0 Å². The summed E-state index contributed by atoms with van der Waals surface area (Å²) in [6, 6.07) is 14.8. The fraction of sp³-hybridized carbons (Fsp3) is 0.0526. The molecule has 0 saturated heterocycles. The number of aryl methyl sites for hydroxylation is 1. The van der Waals surface area contributed by atoms with Gasteiger partial charge >= 0.3 is 0 Å². The van der Waals surface area contributed by atoms with Gasteiger partial charge in [-0.15, -0.1) is 0 Å². The van der Waals surface area contributed by atoms with Crippen LogP contribution in [-0.2, 0) is 0 Å². The number of hydrogen-bond acceptors (Lipinski definition) is 5. The zero-order valence-corrected chi connectivity index (χ0v) is 13.8. The lowest BCUT2D eigenvalue weighted by atomic mass is 10.1. The number of anilines is 2. The molecule has 2 aromatic carbocycles. The van der Waals surface area contributed by atoms with E-state index in [9.17, 15) is 9.18 Å². The van der Waals surface area contributed by atoms with Crippen molar-refractivity contribution < 1.29 is 4.39 Å². The quantitative estimate of drug-likeness (QED) is 0.592. The van der Waals surface area contributed by atoms with Gasteiger partial charge in [0, 0.05) is 17.0 Å². The summed E-state index contributed by atoms with van der Waals surface area (Å²) in [5.74, 6) is 0.198. The lowest BCUT2D eigenvalue weighted by Gasteiger charge is -2.08. The van der Waals surface area contributed by atoms with Crippen molar-refractivity contribution in [3.05, 3.63) is 76.5 Å². The number of halogens is 1. The van der Waals surface area contributed by atoms with Gasteiger partial charge in [-0.05, 0) is 37.3 Å². The largest absolute Gasteiger partial charge is 0.294 e. The van der Waals surface area contributed by atoms with Gasteiger partial charge in [0.1, 0.15) is 5.82 Å². The zero-order chi connectivity index (χ0) is 18.1. The first kappa shape index (κ1) is 15.9. The van der Waals surface area contributed by atoms with Crippen LogP contribution in [-0.4, -0.2) is 19.9 Å². The normalized spacial score (nSPS) is 10.8. The van der Waals surface area contributed by atoms with E-state index in [1.807, 2.05) is 31.2 Å². The van der Waals surface area contributed by atoms with Gasteiger partial charge in [-0.1, -0.05) is 18.2 Å². The van der Waals surface area contributed by atoms with Crippen molar-refractivity contribution in [2.75, 3.05) is 5.32 Å². The van der Waals surface area contributed by atoms with E-state index in [-0.39, 0.29) is 17.3 Å². The Morgan fingerprint density at radius 2 is 1.77 bits per heavy atom. The maximum Gasteiger partial charge on any atom is 0.252 e. The van der Waals surface area contributed by atoms with Crippen LogP contribution in [0.25, 0.3) is 22.2 Å². The van der Waals surface area contributed by atoms with Crippen LogP contribution >= 0.6 is 0 Å². The molecule has 2 aromatic heterocycles. The van der Waals surface area contributed by atoms with Gasteiger partial charge in [-0.25, -0.2) is 19.3 Å². The van der Waals surface area contributed by atoms with Crippen molar-refractivity contribution in [3.63, 3.8) is 0 Å². The second kappa shape index (κ2) is 6.36. The van der Waals surface area contributed by atoms with E-state index in [0.29, 0.717) is 17.2 Å². The third kappa shape index (κ3) is 3.14. The molecular weight excluding hydrogens is 333 g/mol. The number of aromatic amines is 1. The average Bonchev–Trinajstić information content (AvgIpc) is 2.62. The molecule has 0 aliphatic heterocycles. The molecule has 0 radical (unpaired) electrons. The Balaban J connectivity index is 1.73. The molecular formula is C19H14FN5O. The standard InChI is InChI=1S/C19H14FN5O/c1-11-14-4-2-3-5-15(14)22-18(21-11)25-19-23-16(10-17(26)24-19)12-6-8-13(20)9-7-12/h2-10H,1H3,(H2,21,22,23,24,25,26). The SMILES string of the molecule is Cc1nc(Nc2nc(-c3ccc(F)cc3)cc(=O)[nH]2)nc2ccccc12. The predicted molar refractivity (Wildman–Crippen MR) is 97.8 cm³/mol. The third-order valence-electron chi connectivity index (χ3n) is 3.91. The fourth-order valence-electron chi connectivity index (χ4n) is 2.68. The van der Waals surface area contributed by atoms with Crippen LogP contribution < -0.4 is 10.9 Å². The summed E-state index contributed by atoms with van der Waals surface area (Å²) in [6.45, 7) is 1.89. The molecule has 26 heavy (non-hydrogen) atoms. The summed E-state index contributed by atoms with van der Waals surface area (Å²) < 4.78 is 13.1. The highest BCUT2D eigenvalue weighted by molar-refractivity contribution is 5.81. The molecule has 2 N–H and O–H groups in total. The van der Waals surface area contributed by atoms with Gasteiger partial charge < -0.3 is 0 Å². The average molecular weight is 347 g/mol. The number of hydrogen-bond donors (Lipinski definition) is 2. The van der Waals surface area contributed by atoms with Crippen LogP contribution in [0, 0.1) is 12.7 Å². The van der Waals surface area contributed by atoms with Crippen LogP contribution in [0.4, 0.5) is 16.3 Å². The number of nitrogens with zero attached hydrogens (tertiary/aromatic N) is 3. The van der Waals surface area contributed by atoms with Crippen LogP contribution in [0.15, 0.2) is 59.4 Å². The molecule has 4 rings (SSSR count). The molecule has 0 spiro atoms. The maximum atomic E-state index is 13.1. The lowest BCUT2D eigenvalue weighted by Crippen LogP contribution is -2.12. The van der Waals surface area contributed by atoms with E-state index in [0.717, 1.165) is 16.6 Å². The van der Waals surface area contributed by atoms with Crippen LogP contribution in [0.5, 0.6) is 0 Å². The second-order valence-electron chi connectivity index (χ2n) is 5.76. The number of rotatable bonds is 3. The van der Waals surface area contributed by atoms with E-state index in [2.05, 4.69) is 25.3 Å². The highest BCUT2D eigenvalue weighted by Gasteiger charge is 2.08. The van der Waals surface area contributed by atoms with Gasteiger partial charge in [0.15, 0.2) is 0 Å². The minimum atomic E-state index is -0.350. The highest BCUT2D eigenvalue weighted by atomic mass is 19.1. The van der Waals surface area contributed by atoms with E-state index in [1.54, 1.807) is 12.1 Å². The van der Waals surface area contributed by atoms with E-state index >= 15 is 0 Å². The van der Waals surface area contributed by atoms with Crippen LogP contribution in [0.1, 0.15) is 5.69 Å². The van der Waals surface area contributed by atoms with Gasteiger partial charge in [0.2, 0.25) is 11.9 Å².